The van der Waals surface area contributed by atoms with Crippen LogP contribution in [0, 0.1) is 5.82 Å². The molecule has 2 amide bonds. The molecule has 0 spiro atoms. The first kappa shape index (κ1) is 22.9. The maximum absolute atomic E-state index is 14.1. The van der Waals surface area contributed by atoms with E-state index in [4.69, 9.17) is 4.74 Å². The summed E-state index contributed by atoms with van der Waals surface area (Å²) < 4.78 is 19.8. The summed E-state index contributed by atoms with van der Waals surface area (Å²) in [6.45, 7) is 2.61. The predicted molar refractivity (Wildman–Crippen MR) is 124 cm³/mol. The van der Waals surface area contributed by atoms with Crippen LogP contribution in [-0.4, -0.2) is 36.4 Å². The normalized spacial score (nSPS) is 14.3. The number of carbonyl (C=O) groups excluding carboxylic acids is 2. The highest BCUT2D eigenvalue weighted by molar-refractivity contribution is 7.99. The molecule has 1 heterocycles. The average molecular weight is 443 g/mol. The second kappa shape index (κ2) is 11.6. The molecule has 164 valence electrons. The highest BCUT2D eigenvalue weighted by atomic mass is 32.2. The molecule has 0 unspecified atom stereocenters. The van der Waals surface area contributed by atoms with Crippen LogP contribution in [0.1, 0.15) is 31.7 Å². The molecular formula is C24H27FN2O3S. The quantitative estimate of drug-likeness (QED) is 0.431. The SMILES string of the molecule is CCCCSCCCNC(=O)CN1C(=O)C(=Cc2ccccc2F)Oc2ccccc21. The van der Waals surface area contributed by atoms with E-state index >= 15 is 0 Å². The van der Waals surface area contributed by atoms with Crippen molar-refractivity contribution in [2.24, 2.45) is 0 Å². The number of carbonyl (C=O) groups is 2. The highest BCUT2D eigenvalue weighted by Gasteiger charge is 2.31. The number of anilines is 1. The molecule has 0 aromatic heterocycles. The van der Waals surface area contributed by atoms with E-state index in [0.29, 0.717) is 18.0 Å². The molecule has 0 aliphatic carbocycles. The number of nitrogens with zero attached hydrogens (tertiary/aromatic N) is 1. The van der Waals surface area contributed by atoms with Gasteiger partial charge in [-0.1, -0.05) is 43.7 Å². The van der Waals surface area contributed by atoms with E-state index in [2.05, 4.69) is 12.2 Å². The van der Waals surface area contributed by atoms with Crippen LogP contribution in [0.2, 0.25) is 0 Å². The lowest BCUT2D eigenvalue weighted by molar-refractivity contribution is -0.123. The average Bonchev–Trinajstić information content (AvgIpc) is 2.77. The Morgan fingerprint density at radius 3 is 2.68 bits per heavy atom. The lowest BCUT2D eigenvalue weighted by Gasteiger charge is -2.30. The summed E-state index contributed by atoms with van der Waals surface area (Å²) in [5, 5.41) is 2.88. The molecule has 0 fully saturated rings. The van der Waals surface area contributed by atoms with Gasteiger partial charge in [0, 0.05) is 12.1 Å². The summed E-state index contributed by atoms with van der Waals surface area (Å²) in [5.74, 6) is 1.39. The molecule has 0 radical (unpaired) electrons. The van der Waals surface area contributed by atoms with E-state index < -0.39 is 11.7 Å². The lowest BCUT2D eigenvalue weighted by atomic mass is 10.1. The van der Waals surface area contributed by atoms with Crippen molar-refractivity contribution in [2.75, 3.05) is 29.5 Å². The van der Waals surface area contributed by atoms with Crippen molar-refractivity contribution < 1.29 is 18.7 Å². The summed E-state index contributed by atoms with van der Waals surface area (Å²) >= 11 is 1.89. The number of benzene rings is 2. The van der Waals surface area contributed by atoms with Crippen LogP contribution in [0.15, 0.2) is 54.3 Å². The molecule has 1 N–H and O–H groups in total. The smallest absolute Gasteiger partial charge is 0.294 e. The van der Waals surface area contributed by atoms with Crippen molar-refractivity contribution in [2.45, 2.75) is 26.2 Å². The van der Waals surface area contributed by atoms with Crippen LogP contribution in [0.3, 0.4) is 0 Å². The van der Waals surface area contributed by atoms with Crippen molar-refractivity contribution in [3.63, 3.8) is 0 Å². The topological polar surface area (TPSA) is 58.6 Å². The molecular weight excluding hydrogens is 415 g/mol. The minimum absolute atomic E-state index is 0.0241. The van der Waals surface area contributed by atoms with Crippen LogP contribution < -0.4 is 15.0 Å². The zero-order chi connectivity index (χ0) is 22.1. The Morgan fingerprint density at radius 1 is 1.13 bits per heavy atom. The van der Waals surface area contributed by atoms with E-state index in [1.165, 1.54) is 29.9 Å². The Bertz CT molecular complexity index is 948. The third-order valence-electron chi connectivity index (χ3n) is 4.76. The van der Waals surface area contributed by atoms with Gasteiger partial charge in [-0.3, -0.25) is 14.5 Å². The number of thioether (sulfide) groups is 1. The van der Waals surface area contributed by atoms with Gasteiger partial charge in [0.1, 0.15) is 12.4 Å². The molecule has 0 bridgehead atoms. The Balaban J connectivity index is 1.66. The van der Waals surface area contributed by atoms with Crippen LogP contribution >= 0.6 is 11.8 Å². The standard InChI is InChI=1S/C24H27FN2O3S/c1-2-3-14-31-15-8-13-26-23(28)17-27-20-11-6-7-12-21(20)30-22(24(27)29)16-18-9-4-5-10-19(18)25/h4-7,9-12,16H,2-3,8,13-15,17H2,1H3,(H,26,28). The van der Waals surface area contributed by atoms with Gasteiger partial charge in [-0.25, -0.2) is 4.39 Å². The number of nitrogens with one attached hydrogen (secondary N) is 1. The first-order valence-corrected chi connectivity index (χ1v) is 11.6. The van der Waals surface area contributed by atoms with Gasteiger partial charge in [-0.05, 0) is 48.6 Å². The summed E-state index contributed by atoms with van der Waals surface area (Å²) in [4.78, 5) is 26.9. The number of hydrogen-bond acceptors (Lipinski definition) is 4. The number of hydrogen-bond donors (Lipinski definition) is 1. The largest absolute Gasteiger partial charge is 0.449 e. The third kappa shape index (κ3) is 6.34. The van der Waals surface area contributed by atoms with Gasteiger partial charge in [-0.15, -0.1) is 0 Å². The second-order valence-corrected chi connectivity index (χ2v) is 8.39. The van der Waals surface area contributed by atoms with E-state index in [0.717, 1.165) is 17.9 Å². The van der Waals surface area contributed by atoms with E-state index in [9.17, 15) is 14.0 Å². The molecule has 31 heavy (non-hydrogen) atoms. The Labute approximate surface area is 186 Å². The number of para-hydroxylation sites is 2. The summed E-state index contributed by atoms with van der Waals surface area (Å²) in [7, 11) is 0. The van der Waals surface area contributed by atoms with Crippen LogP contribution in [-0.2, 0) is 9.59 Å². The fraction of sp³-hybridized carbons (Fsp3) is 0.333. The van der Waals surface area contributed by atoms with Crippen molar-refractivity contribution >= 4 is 35.3 Å². The summed E-state index contributed by atoms with van der Waals surface area (Å²) in [6.07, 6.45) is 4.64. The third-order valence-corrected chi connectivity index (χ3v) is 5.91. The lowest BCUT2D eigenvalue weighted by Crippen LogP contribution is -2.44. The van der Waals surface area contributed by atoms with Gasteiger partial charge in [-0.2, -0.15) is 11.8 Å². The first-order chi connectivity index (χ1) is 15.1. The molecule has 1 aliphatic rings. The number of rotatable bonds is 10. The number of unbranched alkanes of at least 4 members (excludes halogenated alkanes) is 1. The Morgan fingerprint density at radius 2 is 1.87 bits per heavy atom. The summed E-state index contributed by atoms with van der Waals surface area (Å²) in [6, 6.07) is 13.1. The molecule has 5 nitrogen and oxygen atoms in total. The van der Waals surface area contributed by atoms with Crippen molar-refractivity contribution in [3.05, 3.63) is 65.7 Å². The van der Waals surface area contributed by atoms with E-state index in [1.807, 2.05) is 11.8 Å². The van der Waals surface area contributed by atoms with E-state index in [-0.39, 0.29) is 23.8 Å². The van der Waals surface area contributed by atoms with Crippen molar-refractivity contribution in [1.29, 1.82) is 0 Å². The second-order valence-electron chi connectivity index (χ2n) is 7.16. The van der Waals surface area contributed by atoms with Crippen LogP contribution in [0.25, 0.3) is 6.08 Å². The molecule has 2 aromatic carbocycles. The minimum Gasteiger partial charge on any atom is -0.449 e. The first-order valence-electron chi connectivity index (χ1n) is 10.5. The molecule has 0 saturated carbocycles. The maximum atomic E-state index is 14.1. The molecule has 2 aromatic rings. The predicted octanol–water partition coefficient (Wildman–Crippen LogP) is 4.63. The summed E-state index contributed by atoms with van der Waals surface area (Å²) in [5.41, 5.74) is 0.763. The highest BCUT2D eigenvalue weighted by Crippen LogP contribution is 2.35. The number of amides is 2. The minimum atomic E-state index is -0.479. The van der Waals surface area contributed by atoms with Crippen LogP contribution in [0.5, 0.6) is 5.75 Å². The molecule has 0 saturated heterocycles. The van der Waals surface area contributed by atoms with Crippen LogP contribution in [0.4, 0.5) is 10.1 Å². The molecule has 1 aliphatic heterocycles. The Kier molecular flexibility index (Phi) is 8.53. The molecule has 3 rings (SSSR count). The zero-order valence-electron chi connectivity index (χ0n) is 17.6. The van der Waals surface area contributed by atoms with Gasteiger partial charge in [0.25, 0.3) is 5.91 Å². The zero-order valence-corrected chi connectivity index (χ0v) is 18.4. The number of halogens is 1. The van der Waals surface area contributed by atoms with Gasteiger partial charge in [0.05, 0.1) is 5.69 Å². The van der Waals surface area contributed by atoms with Gasteiger partial charge in [0.15, 0.2) is 11.5 Å². The fourth-order valence-corrected chi connectivity index (χ4v) is 4.15. The Hall–Kier alpha value is -2.80. The molecule has 7 heteroatoms. The van der Waals surface area contributed by atoms with Crippen molar-refractivity contribution in [1.82, 2.24) is 5.32 Å². The number of fused-ring (bicyclic) bond motifs is 1. The fourth-order valence-electron chi connectivity index (χ4n) is 3.10. The maximum Gasteiger partial charge on any atom is 0.294 e. The van der Waals surface area contributed by atoms with Crippen molar-refractivity contribution in [3.8, 4) is 5.75 Å². The van der Waals surface area contributed by atoms with E-state index in [1.54, 1.807) is 42.5 Å². The van der Waals surface area contributed by atoms with Gasteiger partial charge in [0.2, 0.25) is 5.91 Å². The monoisotopic (exact) mass is 442 g/mol. The van der Waals surface area contributed by atoms with Gasteiger partial charge >= 0.3 is 0 Å². The molecule has 0 atom stereocenters. The number of ether oxygens (including phenoxy) is 1. The van der Waals surface area contributed by atoms with Gasteiger partial charge < -0.3 is 10.1 Å².